The lowest BCUT2D eigenvalue weighted by Gasteiger charge is -1.88. The summed E-state index contributed by atoms with van der Waals surface area (Å²) in [5.74, 6) is 0. The van der Waals surface area contributed by atoms with Crippen LogP contribution in [0, 0.1) is 0 Å². The molecule has 10 heavy (non-hydrogen) atoms. The van der Waals surface area contributed by atoms with Crippen LogP contribution < -0.4 is 0 Å². The van der Waals surface area contributed by atoms with E-state index in [2.05, 4.69) is 5.10 Å². The summed E-state index contributed by atoms with van der Waals surface area (Å²) >= 11 is 1.62. The Morgan fingerprint density at radius 2 is 2.70 bits per heavy atom. The fraction of sp³-hybridized carbons (Fsp3) is 0.333. The Hall–Kier alpha value is -0.770. The minimum Gasteiger partial charge on any atom is -0.301 e. The fourth-order valence-corrected chi connectivity index (χ4v) is 1.01. The molecule has 1 heterocycles. The van der Waals surface area contributed by atoms with Crippen LogP contribution in [0.15, 0.2) is 17.3 Å². The van der Waals surface area contributed by atoms with E-state index >= 15 is 0 Å². The molecular weight excluding hydrogens is 148 g/mol. The highest BCUT2D eigenvalue weighted by Crippen LogP contribution is 2.11. The summed E-state index contributed by atoms with van der Waals surface area (Å²) in [6.07, 6.45) is 6.40. The van der Waals surface area contributed by atoms with Gasteiger partial charge in [-0.25, -0.2) is 0 Å². The zero-order valence-electron chi connectivity index (χ0n) is 5.65. The molecule has 0 N–H and O–H groups in total. The third-order valence-electron chi connectivity index (χ3n) is 1.11. The van der Waals surface area contributed by atoms with Crippen LogP contribution in [0.4, 0.5) is 0 Å². The van der Waals surface area contributed by atoms with Crippen LogP contribution in [0.1, 0.15) is 0 Å². The van der Waals surface area contributed by atoms with Gasteiger partial charge < -0.3 is 4.79 Å². The number of nitrogens with zero attached hydrogens (tertiary/aromatic N) is 2. The van der Waals surface area contributed by atoms with Gasteiger partial charge in [0.1, 0.15) is 6.29 Å². The number of aromatic nitrogens is 2. The Morgan fingerprint density at radius 3 is 3.20 bits per heavy atom. The van der Waals surface area contributed by atoms with E-state index in [1.54, 1.807) is 22.6 Å². The van der Waals surface area contributed by atoms with Crippen LogP contribution in [0.5, 0.6) is 0 Å². The van der Waals surface area contributed by atoms with E-state index in [9.17, 15) is 4.79 Å². The van der Waals surface area contributed by atoms with Gasteiger partial charge in [-0.15, -0.1) is 11.8 Å². The Morgan fingerprint density at radius 1 is 1.90 bits per heavy atom. The molecule has 0 bridgehead atoms. The van der Waals surface area contributed by atoms with Crippen molar-refractivity contribution in [3.05, 3.63) is 12.4 Å². The van der Waals surface area contributed by atoms with Crippen LogP contribution in [0.3, 0.4) is 0 Å². The van der Waals surface area contributed by atoms with Crippen LogP contribution >= 0.6 is 11.8 Å². The molecular formula is C6H8N2OS. The van der Waals surface area contributed by atoms with Gasteiger partial charge in [-0.05, 0) is 6.26 Å². The summed E-state index contributed by atoms with van der Waals surface area (Å²) in [6.45, 7) is 0.348. The molecule has 0 unspecified atom stereocenters. The molecule has 1 aromatic heterocycles. The first-order valence-corrected chi connectivity index (χ1v) is 4.09. The maximum Gasteiger partial charge on any atom is 0.141 e. The number of carbonyl (C=O) groups excluding carboxylic acids is 1. The van der Waals surface area contributed by atoms with Gasteiger partial charge in [-0.3, -0.25) is 4.68 Å². The maximum atomic E-state index is 10.0. The van der Waals surface area contributed by atoms with Crippen molar-refractivity contribution in [1.82, 2.24) is 9.78 Å². The first-order valence-electron chi connectivity index (χ1n) is 2.87. The topological polar surface area (TPSA) is 34.9 Å². The molecule has 0 atom stereocenters. The minimum absolute atomic E-state index is 0.348. The number of rotatable bonds is 3. The lowest BCUT2D eigenvalue weighted by Crippen LogP contribution is -1.97. The van der Waals surface area contributed by atoms with Crippen molar-refractivity contribution in [1.29, 1.82) is 0 Å². The van der Waals surface area contributed by atoms with Crippen molar-refractivity contribution < 1.29 is 4.79 Å². The lowest BCUT2D eigenvalue weighted by atomic mass is 10.7. The molecule has 0 fully saturated rings. The molecule has 4 heteroatoms. The van der Waals surface area contributed by atoms with E-state index in [1.165, 1.54) is 0 Å². The molecule has 0 saturated carbocycles. The highest BCUT2D eigenvalue weighted by Gasteiger charge is 1.93. The highest BCUT2D eigenvalue weighted by atomic mass is 32.2. The van der Waals surface area contributed by atoms with Crippen LogP contribution in [-0.4, -0.2) is 22.3 Å². The van der Waals surface area contributed by atoms with Gasteiger partial charge in [0.05, 0.1) is 12.7 Å². The molecule has 0 spiro atoms. The SMILES string of the molecule is CSc1cnn(CC=O)c1. The Labute approximate surface area is 63.4 Å². The van der Waals surface area contributed by atoms with E-state index in [0.717, 1.165) is 11.2 Å². The average molecular weight is 156 g/mol. The molecule has 0 aromatic carbocycles. The summed E-state index contributed by atoms with van der Waals surface area (Å²) < 4.78 is 1.61. The molecule has 3 nitrogen and oxygen atoms in total. The van der Waals surface area contributed by atoms with Crippen molar-refractivity contribution in [2.75, 3.05) is 6.26 Å². The second-order valence-electron chi connectivity index (χ2n) is 1.77. The largest absolute Gasteiger partial charge is 0.301 e. The number of thioether (sulfide) groups is 1. The van der Waals surface area contributed by atoms with Crippen molar-refractivity contribution in [3.63, 3.8) is 0 Å². The maximum absolute atomic E-state index is 10.0. The third kappa shape index (κ3) is 1.60. The summed E-state index contributed by atoms with van der Waals surface area (Å²) in [5, 5.41) is 3.94. The Bertz CT molecular complexity index is 221. The van der Waals surface area contributed by atoms with Gasteiger partial charge in [0.25, 0.3) is 0 Å². The van der Waals surface area contributed by atoms with Gasteiger partial charge in [0, 0.05) is 11.1 Å². The average Bonchev–Trinajstić information content (AvgIpc) is 2.37. The van der Waals surface area contributed by atoms with E-state index in [0.29, 0.717) is 6.54 Å². The third-order valence-corrected chi connectivity index (χ3v) is 1.79. The molecule has 54 valence electrons. The summed E-state index contributed by atoms with van der Waals surface area (Å²) in [5.41, 5.74) is 0. The summed E-state index contributed by atoms with van der Waals surface area (Å²) in [4.78, 5) is 11.1. The molecule has 0 saturated heterocycles. The highest BCUT2D eigenvalue weighted by molar-refractivity contribution is 7.98. The lowest BCUT2D eigenvalue weighted by molar-refractivity contribution is -0.108. The van der Waals surface area contributed by atoms with Crippen molar-refractivity contribution in [2.24, 2.45) is 0 Å². The first kappa shape index (κ1) is 7.34. The predicted octanol–water partition coefficient (Wildman–Crippen LogP) is 0.804. The van der Waals surface area contributed by atoms with Crippen molar-refractivity contribution in [3.8, 4) is 0 Å². The number of hydrogen-bond donors (Lipinski definition) is 0. The van der Waals surface area contributed by atoms with E-state index < -0.39 is 0 Å². The molecule has 0 aliphatic heterocycles. The van der Waals surface area contributed by atoms with Gasteiger partial charge in [-0.1, -0.05) is 0 Å². The molecule has 0 aliphatic rings. The number of hydrogen-bond acceptors (Lipinski definition) is 3. The Balaban J connectivity index is 2.67. The second kappa shape index (κ2) is 3.41. The quantitative estimate of drug-likeness (QED) is 0.479. The van der Waals surface area contributed by atoms with Crippen molar-refractivity contribution >= 4 is 18.0 Å². The predicted molar refractivity (Wildman–Crippen MR) is 40.1 cm³/mol. The van der Waals surface area contributed by atoms with Crippen LogP contribution in [-0.2, 0) is 11.3 Å². The van der Waals surface area contributed by atoms with Crippen LogP contribution in [0.2, 0.25) is 0 Å². The molecule has 0 aliphatic carbocycles. The first-order chi connectivity index (χ1) is 4.86. The van der Waals surface area contributed by atoms with Gasteiger partial charge in [0.15, 0.2) is 0 Å². The smallest absolute Gasteiger partial charge is 0.141 e. The standard InChI is InChI=1S/C6H8N2OS/c1-10-6-4-7-8(5-6)2-3-9/h3-5H,2H2,1H3. The number of carbonyl (C=O) groups is 1. The van der Waals surface area contributed by atoms with Gasteiger partial charge >= 0.3 is 0 Å². The molecule has 1 aromatic rings. The second-order valence-corrected chi connectivity index (χ2v) is 2.65. The van der Waals surface area contributed by atoms with E-state index in [1.807, 2.05) is 12.5 Å². The summed E-state index contributed by atoms with van der Waals surface area (Å²) in [7, 11) is 0. The normalized spacial score (nSPS) is 9.70. The zero-order valence-corrected chi connectivity index (χ0v) is 6.47. The molecule has 1 rings (SSSR count). The van der Waals surface area contributed by atoms with E-state index in [-0.39, 0.29) is 0 Å². The molecule has 0 amide bonds. The molecule has 0 radical (unpaired) electrons. The van der Waals surface area contributed by atoms with Crippen molar-refractivity contribution in [2.45, 2.75) is 11.4 Å². The van der Waals surface area contributed by atoms with Gasteiger partial charge in [0.2, 0.25) is 0 Å². The minimum atomic E-state index is 0.348. The fourth-order valence-electron chi connectivity index (χ4n) is 0.626. The summed E-state index contributed by atoms with van der Waals surface area (Å²) in [6, 6.07) is 0. The van der Waals surface area contributed by atoms with Crippen LogP contribution in [0.25, 0.3) is 0 Å². The number of aldehydes is 1. The monoisotopic (exact) mass is 156 g/mol. The Kier molecular flexibility index (Phi) is 2.50. The van der Waals surface area contributed by atoms with Gasteiger partial charge in [-0.2, -0.15) is 5.10 Å². The van der Waals surface area contributed by atoms with E-state index in [4.69, 9.17) is 0 Å². The zero-order chi connectivity index (χ0) is 7.40.